The second kappa shape index (κ2) is 8.00. The standard InChI is InChI=1S/C22H24N4O2S/c29-22-24-20(18-8-1-2-10-23-18)21(26(22)15-17-7-5-13-28-17)19-9-3-11-25(19)14-16-6-4-12-27-16/h1-4,6,8-12,17,20-21H,5,7,13-15H2,(H,24,29)/t17-,20-,21+/m1/s1. The molecule has 0 saturated carbocycles. The molecule has 5 heterocycles. The minimum Gasteiger partial charge on any atom is -0.467 e. The van der Waals surface area contributed by atoms with Gasteiger partial charge in [-0.25, -0.2) is 0 Å². The van der Waals surface area contributed by atoms with Gasteiger partial charge in [-0.1, -0.05) is 6.07 Å². The van der Waals surface area contributed by atoms with Crippen molar-refractivity contribution < 1.29 is 9.15 Å². The Hall–Kier alpha value is -2.64. The van der Waals surface area contributed by atoms with E-state index in [1.54, 1.807) is 6.26 Å². The van der Waals surface area contributed by atoms with Gasteiger partial charge in [0, 0.05) is 31.2 Å². The molecule has 0 spiro atoms. The maximum absolute atomic E-state index is 5.92. The van der Waals surface area contributed by atoms with E-state index in [9.17, 15) is 0 Å². The van der Waals surface area contributed by atoms with Crippen molar-refractivity contribution in [1.29, 1.82) is 0 Å². The Balaban J connectivity index is 1.51. The monoisotopic (exact) mass is 408 g/mol. The summed E-state index contributed by atoms with van der Waals surface area (Å²) < 4.78 is 13.7. The molecular weight excluding hydrogens is 384 g/mol. The lowest BCUT2D eigenvalue weighted by atomic mass is 10.0. The topological polar surface area (TPSA) is 55.5 Å². The molecule has 150 valence electrons. The van der Waals surface area contributed by atoms with E-state index in [1.807, 2.05) is 30.5 Å². The molecule has 0 unspecified atom stereocenters. The Morgan fingerprint density at radius 3 is 2.90 bits per heavy atom. The van der Waals surface area contributed by atoms with Crippen LogP contribution in [0.25, 0.3) is 0 Å². The van der Waals surface area contributed by atoms with Crippen LogP contribution in [0, 0.1) is 0 Å². The SMILES string of the molecule is S=C1N[C@H](c2ccccn2)[C@H](c2cccn2Cc2ccco2)N1C[C@H]1CCCO1. The zero-order chi connectivity index (χ0) is 19.6. The summed E-state index contributed by atoms with van der Waals surface area (Å²) in [6.07, 6.45) is 8.05. The van der Waals surface area contributed by atoms with E-state index in [1.165, 1.54) is 5.69 Å². The predicted octanol–water partition coefficient (Wildman–Crippen LogP) is 3.68. The summed E-state index contributed by atoms with van der Waals surface area (Å²) >= 11 is 5.77. The molecule has 3 aromatic heterocycles. The molecule has 1 N–H and O–H groups in total. The predicted molar refractivity (Wildman–Crippen MR) is 113 cm³/mol. The zero-order valence-electron chi connectivity index (χ0n) is 16.1. The van der Waals surface area contributed by atoms with Gasteiger partial charge in [-0.05, 0) is 61.5 Å². The summed E-state index contributed by atoms with van der Waals surface area (Å²) in [5.41, 5.74) is 2.17. The molecule has 5 rings (SSSR count). The lowest BCUT2D eigenvalue weighted by Gasteiger charge is -2.30. The van der Waals surface area contributed by atoms with Crippen LogP contribution in [0.4, 0.5) is 0 Å². The minimum absolute atomic E-state index is 0.0182. The Labute approximate surface area is 175 Å². The van der Waals surface area contributed by atoms with Crippen molar-refractivity contribution in [3.8, 4) is 0 Å². The second-order valence-electron chi connectivity index (χ2n) is 7.55. The summed E-state index contributed by atoms with van der Waals surface area (Å²) in [6, 6.07) is 14.2. The Kier molecular flexibility index (Phi) is 5.08. The van der Waals surface area contributed by atoms with Crippen LogP contribution >= 0.6 is 12.2 Å². The van der Waals surface area contributed by atoms with Crippen molar-refractivity contribution >= 4 is 17.3 Å². The van der Waals surface area contributed by atoms with E-state index < -0.39 is 0 Å². The third-order valence-corrected chi connectivity index (χ3v) is 6.05. The van der Waals surface area contributed by atoms with Crippen LogP contribution in [-0.2, 0) is 11.3 Å². The van der Waals surface area contributed by atoms with Gasteiger partial charge >= 0.3 is 0 Å². The Morgan fingerprint density at radius 1 is 1.17 bits per heavy atom. The number of nitrogens with zero attached hydrogens (tertiary/aromatic N) is 3. The van der Waals surface area contributed by atoms with Crippen molar-refractivity contribution in [2.45, 2.75) is 37.6 Å². The third-order valence-electron chi connectivity index (χ3n) is 5.70. The van der Waals surface area contributed by atoms with Gasteiger partial charge in [-0.3, -0.25) is 4.98 Å². The van der Waals surface area contributed by atoms with Crippen LogP contribution in [0.15, 0.2) is 65.5 Å². The normalized spacial score (nSPS) is 24.2. The lowest BCUT2D eigenvalue weighted by molar-refractivity contribution is 0.0834. The average Bonchev–Trinajstić information content (AvgIpc) is 3.53. The first kappa shape index (κ1) is 18.4. The molecule has 3 aromatic rings. The average molecular weight is 409 g/mol. The summed E-state index contributed by atoms with van der Waals surface area (Å²) in [5.74, 6) is 0.927. The summed E-state index contributed by atoms with van der Waals surface area (Å²) in [4.78, 5) is 6.90. The number of thiocarbonyl (C=S) groups is 1. The van der Waals surface area contributed by atoms with Gasteiger partial charge in [-0.2, -0.15) is 0 Å². The number of nitrogens with one attached hydrogen (secondary N) is 1. The van der Waals surface area contributed by atoms with Gasteiger partial charge < -0.3 is 23.9 Å². The molecule has 0 aromatic carbocycles. The molecule has 2 saturated heterocycles. The second-order valence-corrected chi connectivity index (χ2v) is 7.94. The highest BCUT2D eigenvalue weighted by Crippen LogP contribution is 2.39. The van der Waals surface area contributed by atoms with Gasteiger partial charge in [0.05, 0.1) is 36.7 Å². The number of ether oxygens (including phenoxy) is 1. The molecular formula is C22H24N4O2S. The highest BCUT2D eigenvalue weighted by atomic mass is 32.1. The molecule has 2 aliphatic heterocycles. The lowest BCUT2D eigenvalue weighted by Crippen LogP contribution is -2.36. The van der Waals surface area contributed by atoms with E-state index >= 15 is 0 Å². The van der Waals surface area contributed by atoms with E-state index in [0.717, 1.165) is 42.6 Å². The van der Waals surface area contributed by atoms with Crippen LogP contribution < -0.4 is 5.32 Å². The van der Waals surface area contributed by atoms with E-state index in [0.29, 0.717) is 6.54 Å². The van der Waals surface area contributed by atoms with Crippen molar-refractivity contribution in [2.75, 3.05) is 13.2 Å². The van der Waals surface area contributed by atoms with E-state index in [2.05, 4.69) is 44.2 Å². The van der Waals surface area contributed by atoms with Gasteiger partial charge in [0.15, 0.2) is 5.11 Å². The summed E-state index contributed by atoms with van der Waals surface area (Å²) in [7, 11) is 0. The molecule has 7 heteroatoms. The number of furan rings is 1. The summed E-state index contributed by atoms with van der Waals surface area (Å²) in [6.45, 7) is 2.30. The number of pyridine rings is 1. The molecule has 3 atom stereocenters. The van der Waals surface area contributed by atoms with Gasteiger partial charge in [0.2, 0.25) is 0 Å². The fourth-order valence-corrected chi connectivity index (χ4v) is 4.66. The van der Waals surface area contributed by atoms with Gasteiger partial charge in [0.25, 0.3) is 0 Å². The van der Waals surface area contributed by atoms with Gasteiger partial charge in [0.1, 0.15) is 5.76 Å². The molecule has 0 amide bonds. The smallest absolute Gasteiger partial charge is 0.170 e. The Bertz CT molecular complexity index is 950. The zero-order valence-corrected chi connectivity index (χ0v) is 16.9. The van der Waals surface area contributed by atoms with Crippen molar-refractivity contribution in [3.63, 3.8) is 0 Å². The molecule has 6 nitrogen and oxygen atoms in total. The minimum atomic E-state index is -0.0182. The highest BCUT2D eigenvalue weighted by molar-refractivity contribution is 7.80. The maximum Gasteiger partial charge on any atom is 0.170 e. The fourth-order valence-electron chi connectivity index (χ4n) is 4.34. The van der Waals surface area contributed by atoms with Crippen LogP contribution in [0.2, 0.25) is 0 Å². The molecule has 2 fully saturated rings. The molecule has 29 heavy (non-hydrogen) atoms. The number of rotatable bonds is 6. The van der Waals surface area contributed by atoms with Crippen LogP contribution in [-0.4, -0.2) is 38.8 Å². The highest BCUT2D eigenvalue weighted by Gasteiger charge is 2.42. The first-order valence-corrected chi connectivity index (χ1v) is 10.5. The number of aromatic nitrogens is 2. The van der Waals surface area contributed by atoms with E-state index in [-0.39, 0.29) is 18.2 Å². The first-order chi connectivity index (χ1) is 14.3. The first-order valence-electron chi connectivity index (χ1n) is 10.1. The maximum atomic E-state index is 5.92. The van der Waals surface area contributed by atoms with Crippen LogP contribution in [0.5, 0.6) is 0 Å². The summed E-state index contributed by atoms with van der Waals surface area (Å²) in [5, 5.41) is 4.28. The van der Waals surface area contributed by atoms with Crippen LogP contribution in [0.1, 0.15) is 42.1 Å². The van der Waals surface area contributed by atoms with Crippen molar-refractivity contribution in [1.82, 2.24) is 19.8 Å². The van der Waals surface area contributed by atoms with Crippen molar-refractivity contribution in [3.05, 3.63) is 78.3 Å². The number of hydrogen-bond acceptors (Lipinski definition) is 4. The Morgan fingerprint density at radius 2 is 2.14 bits per heavy atom. The third kappa shape index (κ3) is 3.68. The molecule has 2 aliphatic rings. The molecule has 0 radical (unpaired) electrons. The van der Waals surface area contributed by atoms with E-state index in [4.69, 9.17) is 21.4 Å². The van der Waals surface area contributed by atoms with Crippen molar-refractivity contribution in [2.24, 2.45) is 0 Å². The van der Waals surface area contributed by atoms with Crippen LogP contribution in [0.3, 0.4) is 0 Å². The quantitative estimate of drug-likeness (QED) is 0.628. The molecule has 0 bridgehead atoms. The molecule has 0 aliphatic carbocycles. The fraction of sp³-hybridized carbons (Fsp3) is 0.364. The largest absolute Gasteiger partial charge is 0.467 e. The number of hydrogen-bond donors (Lipinski definition) is 1. The van der Waals surface area contributed by atoms with Gasteiger partial charge in [-0.15, -0.1) is 0 Å².